The maximum Gasteiger partial charge on any atom is 0.238 e. The lowest BCUT2D eigenvalue weighted by atomic mass is 10.1. The van der Waals surface area contributed by atoms with Crippen LogP contribution in [-0.2, 0) is 11.3 Å². The van der Waals surface area contributed by atoms with Crippen LogP contribution in [-0.4, -0.2) is 38.6 Å². The smallest absolute Gasteiger partial charge is 0.238 e. The van der Waals surface area contributed by atoms with Crippen LogP contribution >= 0.6 is 0 Å². The molecule has 0 aliphatic heterocycles. The average Bonchev–Trinajstić information content (AvgIpc) is 2.58. The van der Waals surface area contributed by atoms with Crippen LogP contribution in [0.3, 0.4) is 0 Å². The number of methoxy groups -OCH3 is 2. The lowest BCUT2D eigenvalue weighted by molar-refractivity contribution is -0.117. The number of rotatable bonds is 7. The lowest BCUT2D eigenvalue weighted by Crippen LogP contribution is -2.30. The highest BCUT2D eigenvalue weighted by molar-refractivity contribution is 5.93. The summed E-state index contributed by atoms with van der Waals surface area (Å²) in [5.74, 6) is 1.35. The quantitative estimate of drug-likeness (QED) is 0.838. The molecule has 0 spiro atoms. The number of anilines is 1. The number of ether oxygens (including phenoxy) is 2. The fraction of sp³-hybridized carbons (Fsp3) is 0.350. The largest absolute Gasteiger partial charge is 0.493 e. The molecule has 0 aliphatic rings. The van der Waals surface area contributed by atoms with Gasteiger partial charge in [-0.05, 0) is 55.8 Å². The second-order valence-corrected chi connectivity index (χ2v) is 6.16. The molecule has 0 aliphatic carbocycles. The molecule has 25 heavy (non-hydrogen) atoms. The SMILES string of the molecule is COc1ccc(CN(C)CC(=O)Nc2cccc(C)c2C)cc1OC. The first-order chi connectivity index (χ1) is 11.9. The first-order valence-electron chi connectivity index (χ1n) is 8.20. The van der Waals surface area contributed by atoms with E-state index in [1.54, 1.807) is 14.2 Å². The Morgan fingerprint density at radius 3 is 2.48 bits per heavy atom. The number of hydrogen-bond acceptors (Lipinski definition) is 4. The van der Waals surface area contributed by atoms with E-state index in [1.165, 1.54) is 0 Å². The fourth-order valence-electron chi connectivity index (χ4n) is 2.67. The Kier molecular flexibility index (Phi) is 6.42. The Hall–Kier alpha value is -2.53. The van der Waals surface area contributed by atoms with Gasteiger partial charge in [-0.25, -0.2) is 0 Å². The molecule has 0 saturated carbocycles. The minimum Gasteiger partial charge on any atom is -0.493 e. The standard InChI is InChI=1S/C20H26N2O3/c1-14-7-6-8-17(15(14)2)21-20(23)13-22(3)12-16-9-10-18(24-4)19(11-16)25-5/h6-11H,12-13H2,1-5H3,(H,21,23). The molecule has 5 heteroatoms. The van der Waals surface area contributed by atoms with Gasteiger partial charge in [0.05, 0.1) is 20.8 Å². The van der Waals surface area contributed by atoms with Crippen molar-refractivity contribution in [1.29, 1.82) is 0 Å². The first kappa shape index (κ1) is 18.8. The summed E-state index contributed by atoms with van der Waals surface area (Å²) < 4.78 is 10.6. The van der Waals surface area contributed by atoms with Crippen LogP contribution in [0.1, 0.15) is 16.7 Å². The normalized spacial score (nSPS) is 10.6. The van der Waals surface area contributed by atoms with Gasteiger partial charge < -0.3 is 14.8 Å². The van der Waals surface area contributed by atoms with Crippen molar-refractivity contribution in [2.24, 2.45) is 0 Å². The van der Waals surface area contributed by atoms with E-state index in [-0.39, 0.29) is 5.91 Å². The lowest BCUT2D eigenvalue weighted by Gasteiger charge is -2.18. The van der Waals surface area contributed by atoms with Gasteiger partial charge in [0.2, 0.25) is 5.91 Å². The van der Waals surface area contributed by atoms with Gasteiger partial charge in [-0.15, -0.1) is 0 Å². The molecule has 2 aromatic carbocycles. The zero-order valence-corrected chi connectivity index (χ0v) is 15.6. The number of nitrogens with one attached hydrogen (secondary N) is 1. The van der Waals surface area contributed by atoms with E-state index in [9.17, 15) is 4.79 Å². The number of nitrogens with zero attached hydrogens (tertiary/aromatic N) is 1. The van der Waals surface area contributed by atoms with Crippen molar-refractivity contribution in [3.05, 3.63) is 53.1 Å². The molecular formula is C20H26N2O3. The van der Waals surface area contributed by atoms with E-state index in [0.29, 0.717) is 24.6 Å². The van der Waals surface area contributed by atoms with Crippen molar-refractivity contribution in [3.63, 3.8) is 0 Å². The van der Waals surface area contributed by atoms with Gasteiger partial charge in [-0.3, -0.25) is 9.69 Å². The minimum atomic E-state index is -0.0309. The Morgan fingerprint density at radius 1 is 1.08 bits per heavy atom. The van der Waals surface area contributed by atoms with Gasteiger partial charge in [0, 0.05) is 12.2 Å². The van der Waals surface area contributed by atoms with Crippen molar-refractivity contribution in [2.75, 3.05) is 33.1 Å². The predicted octanol–water partition coefficient (Wildman–Crippen LogP) is 3.39. The van der Waals surface area contributed by atoms with Gasteiger partial charge in [0.1, 0.15) is 0 Å². The molecule has 0 bridgehead atoms. The van der Waals surface area contributed by atoms with Crippen LogP contribution in [0.2, 0.25) is 0 Å². The van der Waals surface area contributed by atoms with Gasteiger partial charge in [0.25, 0.3) is 0 Å². The molecule has 0 fully saturated rings. The van der Waals surface area contributed by atoms with Crippen LogP contribution in [0.5, 0.6) is 11.5 Å². The summed E-state index contributed by atoms with van der Waals surface area (Å²) >= 11 is 0. The minimum absolute atomic E-state index is 0.0309. The Labute approximate surface area is 149 Å². The highest BCUT2D eigenvalue weighted by Gasteiger charge is 2.11. The van der Waals surface area contributed by atoms with Crippen molar-refractivity contribution in [1.82, 2.24) is 4.90 Å². The number of hydrogen-bond donors (Lipinski definition) is 1. The third-order valence-electron chi connectivity index (χ3n) is 4.19. The van der Waals surface area contributed by atoms with E-state index in [0.717, 1.165) is 22.4 Å². The third kappa shape index (κ3) is 4.97. The molecule has 1 amide bonds. The molecule has 0 atom stereocenters. The summed E-state index contributed by atoms with van der Waals surface area (Å²) in [4.78, 5) is 14.3. The molecule has 2 aromatic rings. The predicted molar refractivity (Wildman–Crippen MR) is 100 cm³/mol. The Morgan fingerprint density at radius 2 is 1.80 bits per heavy atom. The number of likely N-dealkylation sites (N-methyl/N-ethyl adjacent to an activating group) is 1. The molecule has 2 rings (SSSR count). The topological polar surface area (TPSA) is 50.8 Å². The van der Waals surface area contributed by atoms with Crippen LogP contribution in [0.15, 0.2) is 36.4 Å². The maximum absolute atomic E-state index is 12.3. The van der Waals surface area contributed by atoms with Crippen molar-refractivity contribution < 1.29 is 14.3 Å². The summed E-state index contributed by atoms with van der Waals surface area (Å²) in [7, 11) is 5.14. The van der Waals surface area contributed by atoms with Crippen LogP contribution in [0.25, 0.3) is 0 Å². The molecule has 0 radical (unpaired) electrons. The van der Waals surface area contributed by atoms with Crippen LogP contribution < -0.4 is 14.8 Å². The number of carbonyl (C=O) groups is 1. The van der Waals surface area contributed by atoms with E-state index in [4.69, 9.17) is 9.47 Å². The molecular weight excluding hydrogens is 316 g/mol. The summed E-state index contributed by atoms with van der Waals surface area (Å²) in [6.45, 7) is 4.99. The van der Waals surface area contributed by atoms with Gasteiger partial charge >= 0.3 is 0 Å². The highest BCUT2D eigenvalue weighted by atomic mass is 16.5. The third-order valence-corrected chi connectivity index (χ3v) is 4.19. The molecule has 134 valence electrons. The highest BCUT2D eigenvalue weighted by Crippen LogP contribution is 2.27. The van der Waals surface area contributed by atoms with Gasteiger partial charge in [0.15, 0.2) is 11.5 Å². The average molecular weight is 342 g/mol. The van der Waals surface area contributed by atoms with E-state index < -0.39 is 0 Å². The number of carbonyl (C=O) groups excluding carboxylic acids is 1. The molecule has 0 unspecified atom stereocenters. The van der Waals surface area contributed by atoms with E-state index in [1.807, 2.05) is 62.2 Å². The second kappa shape index (κ2) is 8.53. The fourth-order valence-corrected chi connectivity index (χ4v) is 2.67. The molecule has 0 heterocycles. The van der Waals surface area contributed by atoms with E-state index >= 15 is 0 Å². The van der Waals surface area contributed by atoms with Crippen molar-refractivity contribution >= 4 is 11.6 Å². The molecule has 1 N–H and O–H groups in total. The molecule has 5 nitrogen and oxygen atoms in total. The monoisotopic (exact) mass is 342 g/mol. The van der Waals surface area contributed by atoms with Crippen molar-refractivity contribution in [2.45, 2.75) is 20.4 Å². The second-order valence-electron chi connectivity index (χ2n) is 6.16. The molecule has 0 aromatic heterocycles. The Balaban J connectivity index is 1.96. The van der Waals surface area contributed by atoms with Crippen LogP contribution in [0.4, 0.5) is 5.69 Å². The number of benzene rings is 2. The summed E-state index contributed by atoms with van der Waals surface area (Å²) in [5.41, 5.74) is 4.18. The summed E-state index contributed by atoms with van der Waals surface area (Å²) in [6.07, 6.45) is 0. The summed E-state index contributed by atoms with van der Waals surface area (Å²) in [6, 6.07) is 11.7. The number of aryl methyl sites for hydroxylation is 1. The summed E-state index contributed by atoms with van der Waals surface area (Å²) in [5, 5.41) is 2.98. The zero-order valence-electron chi connectivity index (χ0n) is 15.6. The van der Waals surface area contributed by atoms with Gasteiger partial charge in [-0.2, -0.15) is 0 Å². The first-order valence-corrected chi connectivity index (χ1v) is 8.20. The zero-order chi connectivity index (χ0) is 18.4. The molecule has 0 saturated heterocycles. The van der Waals surface area contributed by atoms with Crippen LogP contribution in [0, 0.1) is 13.8 Å². The van der Waals surface area contributed by atoms with Crippen molar-refractivity contribution in [3.8, 4) is 11.5 Å². The maximum atomic E-state index is 12.3. The Bertz CT molecular complexity index is 744. The number of amides is 1. The van der Waals surface area contributed by atoms with E-state index in [2.05, 4.69) is 5.32 Å². The van der Waals surface area contributed by atoms with Gasteiger partial charge in [-0.1, -0.05) is 18.2 Å².